The van der Waals surface area contributed by atoms with Crippen LogP contribution in [0.4, 0.5) is 5.00 Å². The van der Waals surface area contributed by atoms with E-state index in [9.17, 15) is 4.79 Å². The molecule has 13 heavy (non-hydrogen) atoms. The van der Waals surface area contributed by atoms with Crippen molar-refractivity contribution in [1.29, 1.82) is 5.26 Å². The number of carboxylic acid groups (broad SMARTS) is 1. The molecule has 0 aromatic carbocycles. The van der Waals surface area contributed by atoms with Crippen LogP contribution in [0, 0.1) is 11.3 Å². The Balaban J connectivity index is 3.21. The third-order valence-electron chi connectivity index (χ3n) is 1.45. The minimum Gasteiger partial charge on any atom is -0.477 e. The summed E-state index contributed by atoms with van der Waals surface area (Å²) in [5.41, 5.74) is 0.410. The Bertz CT molecular complexity index is 376. The van der Waals surface area contributed by atoms with E-state index in [1.54, 1.807) is 19.0 Å². The van der Waals surface area contributed by atoms with Crippen molar-refractivity contribution in [2.45, 2.75) is 0 Å². The zero-order valence-electron chi connectivity index (χ0n) is 7.24. The lowest BCUT2D eigenvalue weighted by Crippen LogP contribution is -2.07. The fraction of sp³-hybridized carbons (Fsp3) is 0.250. The first-order valence-electron chi connectivity index (χ1n) is 3.50. The molecule has 4 nitrogen and oxygen atoms in total. The average molecular weight is 196 g/mol. The molecule has 0 fully saturated rings. The van der Waals surface area contributed by atoms with E-state index in [0.29, 0.717) is 10.6 Å². The van der Waals surface area contributed by atoms with Gasteiger partial charge in [-0.1, -0.05) is 0 Å². The van der Waals surface area contributed by atoms with Gasteiger partial charge in [-0.05, 0) is 6.07 Å². The molecule has 0 amide bonds. The maximum Gasteiger partial charge on any atom is 0.345 e. The molecule has 1 aromatic heterocycles. The molecule has 0 aliphatic carbocycles. The highest BCUT2D eigenvalue weighted by Gasteiger charge is 2.14. The SMILES string of the molecule is CN(C)c1sc(C(=O)O)cc1C#N. The first-order chi connectivity index (χ1) is 6.06. The molecule has 5 heteroatoms. The molecule has 0 spiro atoms. The van der Waals surface area contributed by atoms with Crippen molar-refractivity contribution in [2.24, 2.45) is 0 Å². The number of nitrogens with zero attached hydrogens (tertiary/aromatic N) is 2. The molecule has 0 aliphatic heterocycles. The second-order valence-corrected chi connectivity index (χ2v) is 3.67. The quantitative estimate of drug-likeness (QED) is 0.776. The zero-order chi connectivity index (χ0) is 10.0. The van der Waals surface area contributed by atoms with Crippen molar-refractivity contribution < 1.29 is 9.90 Å². The summed E-state index contributed by atoms with van der Waals surface area (Å²) in [7, 11) is 3.55. The van der Waals surface area contributed by atoms with Crippen molar-refractivity contribution in [2.75, 3.05) is 19.0 Å². The Morgan fingerprint density at radius 2 is 2.31 bits per heavy atom. The standard InChI is InChI=1S/C8H8N2O2S/c1-10(2)7-5(4-9)3-6(13-7)8(11)12/h3H,1-2H3,(H,11,12). The highest BCUT2D eigenvalue weighted by molar-refractivity contribution is 7.18. The second kappa shape index (κ2) is 3.46. The van der Waals surface area contributed by atoms with E-state index in [4.69, 9.17) is 10.4 Å². The predicted octanol–water partition coefficient (Wildman–Crippen LogP) is 1.38. The number of carboxylic acids is 1. The summed E-state index contributed by atoms with van der Waals surface area (Å²) in [5.74, 6) is -0.991. The fourth-order valence-electron chi connectivity index (χ4n) is 0.899. The molecule has 68 valence electrons. The molecule has 1 N–H and O–H groups in total. The van der Waals surface area contributed by atoms with E-state index >= 15 is 0 Å². The minimum absolute atomic E-state index is 0.195. The topological polar surface area (TPSA) is 64.3 Å². The van der Waals surface area contributed by atoms with Gasteiger partial charge in [0, 0.05) is 14.1 Å². The van der Waals surface area contributed by atoms with Crippen molar-refractivity contribution >= 4 is 22.3 Å². The fourth-order valence-corrected chi connectivity index (χ4v) is 1.77. The van der Waals surface area contributed by atoms with E-state index in [-0.39, 0.29) is 4.88 Å². The molecule has 1 heterocycles. The monoisotopic (exact) mass is 196 g/mol. The molecule has 1 rings (SSSR count). The molecular formula is C8H8N2O2S. The lowest BCUT2D eigenvalue weighted by molar-refractivity contribution is 0.0702. The van der Waals surface area contributed by atoms with E-state index in [0.717, 1.165) is 11.3 Å². The maximum atomic E-state index is 10.6. The summed E-state index contributed by atoms with van der Waals surface area (Å²) in [6.07, 6.45) is 0. The number of hydrogen-bond donors (Lipinski definition) is 1. The molecule has 0 radical (unpaired) electrons. The Morgan fingerprint density at radius 1 is 1.69 bits per heavy atom. The lowest BCUT2D eigenvalue weighted by Gasteiger charge is -2.08. The van der Waals surface area contributed by atoms with Gasteiger partial charge in [0.05, 0.1) is 5.56 Å². The largest absolute Gasteiger partial charge is 0.477 e. The van der Waals surface area contributed by atoms with Crippen molar-refractivity contribution in [3.63, 3.8) is 0 Å². The van der Waals surface area contributed by atoms with Crippen molar-refractivity contribution in [3.8, 4) is 6.07 Å². The first kappa shape index (κ1) is 9.55. The Kier molecular flexibility index (Phi) is 2.54. The van der Waals surface area contributed by atoms with Crippen LogP contribution in [-0.4, -0.2) is 25.2 Å². The van der Waals surface area contributed by atoms with Gasteiger partial charge >= 0.3 is 5.97 Å². The lowest BCUT2D eigenvalue weighted by atomic mass is 10.3. The molecule has 0 unspecified atom stereocenters. The van der Waals surface area contributed by atoms with Gasteiger partial charge in [0.25, 0.3) is 0 Å². The van der Waals surface area contributed by atoms with Crippen LogP contribution >= 0.6 is 11.3 Å². The number of thiophene rings is 1. The smallest absolute Gasteiger partial charge is 0.345 e. The molecule has 0 saturated carbocycles. The normalized spacial score (nSPS) is 9.31. The third kappa shape index (κ3) is 1.79. The van der Waals surface area contributed by atoms with Crippen LogP contribution in [0.25, 0.3) is 0 Å². The summed E-state index contributed by atoms with van der Waals surface area (Å²) in [6, 6.07) is 3.35. The van der Waals surface area contributed by atoms with E-state index < -0.39 is 5.97 Å². The van der Waals surface area contributed by atoms with Crippen LogP contribution in [0.3, 0.4) is 0 Å². The maximum absolute atomic E-state index is 10.6. The first-order valence-corrected chi connectivity index (χ1v) is 4.32. The predicted molar refractivity (Wildman–Crippen MR) is 50.3 cm³/mol. The molecule has 0 saturated heterocycles. The Hall–Kier alpha value is -1.54. The zero-order valence-corrected chi connectivity index (χ0v) is 8.05. The van der Waals surface area contributed by atoms with E-state index in [2.05, 4.69) is 0 Å². The Labute approximate surface area is 79.6 Å². The molecular weight excluding hydrogens is 188 g/mol. The number of hydrogen-bond acceptors (Lipinski definition) is 4. The molecule has 0 aliphatic rings. The van der Waals surface area contributed by atoms with Gasteiger partial charge in [0.1, 0.15) is 15.9 Å². The van der Waals surface area contributed by atoms with Gasteiger partial charge < -0.3 is 10.0 Å². The summed E-state index contributed by atoms with van der Waals surface area (Å²) in [6.45, 7) is 0. The minimum atomic E-state index is -0.991. The van der Waals surface area contributed by atoms with Crippen LogP contribution in [0.2, 0.25) is 0 Å². The van der Waals surface area contributed by atoms with Crippen LogP contribution < -0.4 is 4.90 Å². The van der Waals surface area contributed by atoms with Gasteiger partial charge in [0.15, 0.2) is 0 Å². The Morgan fingerprint density at radius 3 is 2.62 bits per heavy atom. The van der Waals surface area contributed by atoms with Crippen molar-refractivity contribution in [1.82, 2.24) is 0 Å². The van der Waals surface area contributed by atoms with Gasteiger partial charge in [-0.3, -0.25) is 0 Å². The third-order valence-corrected chi connectivity index (χ3v) is 2.74. The van der Waals surface area contributed by atoms with Gasteiger partial charge in [-0.15, -0.1) is 11.3 Å². The number of rotatable bonds is 2. The van der Waals surface area contributed by atoms with E-state index in [1.165, 1.54) is 6.07 Å². The summed E-state index contributed by atoms with van der Waals surface area (Å²) >= 11 is 1.10. The average Bonchev–Trinajstić information content (AvgIpc) is 2.47. The number of carbonyl (C=O) groups is 1. The molecule has 1 aromatic rings. The van der Waals surface area contributed by atoms with E-state index in [1.807, 2.05) is 6.07 Å². The van der Waals surface area contributed by atoms with Crippen LogP contribution in [0.15, 0.2) is 6.07 Å². The van der Waals surface area contributed by atoms with Crippen LogP contribution in [-0.2, 0) is 0 Å². The van der Waals surface area contributed by atoms with Gasteiger partial charge in [-0.25, -0.2) is 4.79 Å². The summed E-state index contributed by atoms with van der Waals surface area (Å²) < 4.78 is 0. The van der Waals surface area contributed by atoms with Gasteiger partial charge in [-0.2, -0.15) is 5.26 Å². The highest BCUT2D eigenvalue weighted by atomic mass is 32.1. The number of nitriles is 1. The molecule has 0 bridgehead atoms. The van der Waals surface area contributed by atoms with Gasteiger partial charge in [0.2, 0.25) is 0 Å². The number of aromatic carboxylic acids is 1. The number of anilines is 1. The summed E-state index contributed by atoms with van der Waals surface area (Å²) in [5, 5.41) is 18.1. The molecule has 0 atom stereocenters. The van der Waals surface area contributed by atoms with Crippen molar-refractivity contribution in [3.05, 3.63) is 16.5 Å². The summed E-state index contributed by atoms with van der Waals surface area (Å²) in [4.78, 5) is 12.5. The highest BCUT2D eigenvalue weighted by Crippen LogP contribution is 2.29. The van der Waals surface area contributed by atoms with Crippen LogP contribution in [0.5, 0.6) is 0 Å². The van der Waals surface area contributed by atoms with Crippen LogP contribution in [0.1, 0.15) is 15.2 Å². The second-order valence-electron chi connectivity index (χ2n) is 2.64.